The van der Waals surface area contributed by atoms with Gasteiger partial charge in [-0.15, -0.1) is 0 Å². The predicted molar refractivity (Wildman–Crippen MR) is 57.8 cm³/mol. The van der Waals surface area contributed by atoms with Gasteiger partial charge in [0.2, 0.25) is 5.91 Å². The van der Waals surface area contributed by atoms with E-state index < -0.39 is 35.7 Å². The van der Waals surface area contributed by atoms with Crippen LogP contribution in [0.5, 0.6) is 0 Å². The third-order valence-corrected chi connectivity index (χ3v) is 2.69. The number of primary amides is 1. The maximum Gasteiger partial charge on any atom is 0.271 e. The smallest absolute Gasteiger partial charge is 0.271 e. The fourth-order valence-electron chi connectivity index (χ4n) is 1.38. The SMILES string of the molecule is NC(=O)CC(O)(c1cc(Br)ccc1F)C(F)F. The highest BCUT2D eigenvalue weighted by atomic mass is 79.9. The van der Waals surface area contributed by atoms with E-state index in [1.54, 1.807) is 0 Å². The maximum atomic E-state index is 13.4. The topological polar surface area (TPSA) is 63.3 Å². The fraction of sp³-hybridized carbons (Fsp3) is 0.300. The number of carbonyl (C=O) groups excluding carboxylic acids is 1. The summed E-state index contributed by atoms with van der Waals surface area (Å²) >= 11 is 2.97. The molecule has 0 aliphatic carbocycles. The van der Waals surface area contributed by atoms with E-state index in [9.17, 15) is 23.1 Å². The first kappa shape index (κ1) is 14.0. The number of nitrogens with two attached hydrogens (primary N) is 1. The summed E-state index contributed by atoms with van der Waals surface area (Å²) in [4.78, 5) is 10.7. The van der Waals surface area contributed by atoms with E-state index in [2.05, 4.69) is 15.9 Å². The number of aliphatic hydroxyl groups is 1. The Hall–Kier alpha value is -1.08. The van der Waals surface area contributed by atoms with Crippen LogP contribution in [0.25, 0.3) is 0 Å². The van der Waals surface area contributed by atoms with Crippen LogP contribution in [0.2, 0.25) is 0 Å². The molecule has 7 heteroatoms. The number of carbonyl (C=O) groups is 1. The molecule has 3 N–H and O–H groups in total. The zero-order valence-corrected chi connectivity index (χ0v) is 10.0. The van der Waals surface area contributed by atoms with E-state index >= 15 is 0 Å². The molecule has 3 nitrogen and oxygen atoms in total. The monoisotopic (exact) mass is 311 g/mol. The Bertz CT molecular complexity index is 442. The van der Waals surface area contributed by atoms with E-state index in [-0.39, 0.29) is 0 Å². The van der Waals surface area contributed by atoms with Gasteiger partial charge in [0.25, 0.3) is 6.43 Å². The minimum atomic E-state index is -3.33. The van der Waals surface area contributed by atoms with Crippen LogP contribution in [-0.4, -0.2) is 17.4 Å². The number of hydrogen-bond donors (Lipinski definition) is 2. The van der Waals surface area contributed by atoms with Gasteiger partial charge in [0.05, 0.1) is 6.42 Å². The van der Waals surface area contributed by atoms with Crippen molar-refractivity contribution in [2.24, 2.45) is 5.73 Å². The average Bonchev–Trinajstić information content (AvgIpc) is 2.20. The molecule has 1 rings (SSSR count). The molecule has 1 unspecified atom stereocenters. The molecule has 1 amide bonds. The number of halogens is 4. The van der Waals surface area contributed by atoms with Crippen LogP contribution >= 0.6 is 15.9 Å². The molecule has 0 bridgehead atoms. The molecule has 0 aromatic heterocycles. The molecule has 0 aliphatic rings. The van der Waals surface area contributed by atoms with Crippen LogP contribution < -0.4 is 5.73 Å². The van der Waals surface area contributed by atoms with Crippen molar-refractivity contribution in [3.8, 4) is 0 Å². The van der Waals surface area contributed by atoms with E-state index in [0.717, 1.165) is 12.1 Å². The van der Waals surface area contributed by atoms with Crippen LogP contribution in [0.15, 0.2) is 22.7 Å². The van der Waals surface area contributed by atoms with Crippen LogP contribution in [0.3, 0.4) is 0 Å². The summed E-state index contributed by atoms with van der Waals surface area (Å²) in [6.07, 6.45) is -4.39. The minimum Gasteiger partial charge on any atom is -0.378 e. The lowest BCUT2D eigenvalue weighted by Gasteiger charge is -2.26. The third-order valence-electron chi connectivity index (χ3n) is 2.20. The summed E-state index contributed by atoms with van der Waals surface area (Å²) in [5, 5.41) is 9.72. The highest BCUT2D eigenvalue weighted by Crippen LogP contribution is 2.34. The van der Waals surface area contributed by atoms with Gasteiger partial charge >= 0.3 is 0 Å². The first-order chi connectivity index (χ1) is 7.77. The number of benzene rings is 1. The first-order valence-electron chi connectivity index (χ1n) is 4.51. The standard InChI is InChI=1S/C10H9BrF3NO2/c11-5-1-2-7(12)6(3-5)10(17,9(13)14)4-8(15)16/h1-3,9,17H,4H2,(H2,15,16). The van der Waals surface area contributed by atoms with Crippen molar-refractivity contribution in [2.45, 2.75) is 18.4 Å². The zero-order valence-electron chi connectivity index (χ0n) is 8.46. The van der Waals surface area contributed by atoms with Crippen molar-refractivity contribution in [3.63, 3.8) is 0 Å². The Morgan fingerprint density at radius 1 is 1.53 bits per heavy atom. The molecular formula is C10H9BrF3NO2. The fourth-order valence-corrected chi connectivity index (χ4v) is 1.75. The van der Waals surface area contributed by atoms with E-state index in [0.29, 0.717) is 4.47 Å². The van der Waals surface area contributed by atoms with Crippen molar-refractivity contribution in [1.82, 2.24) is 0 Å². The maximum absolute atomic E-state index is 13.4. The molecule has 17 heavy (non-hydrogen) atoms. The molecule has 0 aliphatic heterocycles. The van der Waals surface area contributed by atoms with E-state index in [1.807, 2.05) is 0 Å². The Labute approximate surface area is 104 Å². The van der Waals surface area contributed by atoms with Gasteiger partial charge in [0.1, 0.15) is 5.82 Å². The number of rotatable bonds is 4. The van der Waals surface area contributed by atoms with Crippen molar-refractivity contribution in [2.75, 3.05) is 0 Å². The van der Waals surface area contributed by atoms with E-state index in [1.165, 1.54) is 6.07 Å². The second-order valence-electron chi connectivity index (χ2n) is 3.49. The van der Waals surface area contributed by atoms with Gasteiger partial charge in [-0.2, -0.15) is 0 Å². The summed E-state index contributed by atoms with van der Waals surface area (Å²) in [5.41, 5.74) is 1.19. The first-order valence-corrected chi connectivity index (χ1v) is 5.31. The van der Waals surface area contributed by atoms with Gasteiger partial charge in [-0.3, -0.25) is 4.79 Å². The van der Waals surface area contributed by atoms with Gasteiger partial charge in [-0.25, -0.2) is 13.2 Å². The molecule has 0 heterocycles. The number of amides is 1. The summed E-state index contributed by atoms with van der Waals surface area (Å²) in [6, 6.07) is 3.19. The van der Waals surface area contributed by atoms with Crippen LogP contribution in [0.4, 0.5) is 13.2 Å². The Balaban J connectivity index is 3.31. The zero-order chi connectivity index (χ0) is 13.2. The molecule has 1 aromatic rings. The molecule has 94 valence electrons. The molecule has 0 fully saturated rings. The van der Waals surface area contributed by atoms with Gasteiger partial charge in [0, 0.05) is 10.0 Å². The van der Waals surface area contributed by atoms with Gasteiger partial charge < -0.3 is 10.8 Å². The van der Waals surface area contributed by atoms with Crippen LogP contribution in [0.1, 0.15) is 12.0 Å². The third kappa shape index (κ3) is 2.98. The summed E-state index contributed by atoms with van der Waals surface area (Å²) < 4.78 is 39.3. The molecule has 1 atom stereocenters. The lowest BCUT2D eigenvalue weighted by atomic mass is 9.90. The summed E-state index contributed by atoms with van der Waals surface area (Å²) in [6.45, 7) is 0. The lowest BCUT2D eigenvalue weighted by molar-refractivity contribution is -0.138. The van der Waals surface area contributed by atoms with E-state index in [4.69, 9.17) is 5.73 Å². The Kier molecular flexibility index (Phi) is 4.16. The normalized spacial score (nSPS) is 14.7. The van der Waals surface area contributed by atoms with Crippen LogP contribution in [0, 0.1) is 5.82 Å². The Morgan fingerprint density at radius 3 is 2.59 bits per heavy atom. The van der Waals surface area contributed by atoms with Gasteiger partial charge in [0.15, 0.2) is 5.60 Å². The second-order valence-corrected chi connectivity index (χ2v) is 4.41. The molecule has 0 saturated carbocycles. The summed E-state index contributed by atoms with van der Waals surface area (Å²) in [7, 11) is 0. The largest absolute Gasteiger partial charge is 0.378 e. The van der Waals surface area contributed by atoms with Gasteiger partial charge in [-0.05, 0) is 18.2 Å². The summed E-state index contributed by atoms with van der Waals surface area (Å²) in [5.74, 6) is -2.18. The molecule has 1 aromatic carbocycles. The minimum absolute atomic E-state index is 0.303. The average molecular weight is 312 g/mol. The van der Waals surface area contributed by atoms with Crippen molar-refractivity contribution in [3.05, 3.63) is 34.1 Å². The van der Waals surface area contributed by atoms with Crippen molar-refractivity contribution >= 4 is 21.8 Å². The van der Waals surface area contributed by atoms with Gasteiger partial charge in [-0.1, -0.05) is 15.9 Å². The Morgan fingerprint density at radius 2 is 2.12 bits per heavy atom. The van der Waals surface area contributed by atoms with Crippen LogP contribution in [-0.2, 0) is 10.4 Å². The molecule has 0 saturated heterocycles. The highest BCUT2D eigenvalue weighted by molar-refractivity contribution is 9.10. The molecular weight excluding hydrogens is 303 g/mol. The predicted octanol–water partition coefficient (Wildman–Crippen LogP) is 1.92. The second kappa shape index (κ2) is 5.05. The molecule has 0 spiro atoms. The van der Waals surface area contributed by atoms with Crippen molar-refractivity contribution < 1.29 is 23.1 Å². The lowest BCUT2D eigenvalue weighted by Crippen LogP contribution is -2.39. The number of hydrogen-bond acceptors (Lipinski definition) is 2. The van der Waals surface area contributed by atoms with Crippen molar-refractivity contribution in [1.29, 1.82) is 0 Å². The highest BCUT2D eigenvalue weighted by Gasteiger charge is 2.43. The quantitative estimate of drug-likeness (QED) is 0.892. The number of alkyl halides is 2. The molecule has 0 radical (unpaired) electrons.